The molecule has 3 unspecified atom stereocenters. The van der Waals surface area contributed by atoms with Gasteiger partial charge in [0.2, 0.25) is 5.91 Å². The standard InChI is InChI=1S/C14H17F3N2O2/c1-8(19-13(20)11-6-21-7-12(11)18)9-2-4-10(5-3-9)14(15,16)17/h2-5,8,11-12H,6-7,18H2,1H3,(H,19,20). The van der Waals surface area contributed by atoms with Crippen LogP contribution in [0.5, 0.6) is 0 Å². The van der Waals surface area contributed by atoms with Gasteiger partial charge in [-0.1, -0.05) is 12.1 Å². The summed E-state index contributed by atoms with van der Waals surface area (Å²) in [7, 11) is 0. The quantitative estimate of drug-likeness (QED) is 0.895. The van der Waals surface area contributed by atoms with Crippen molar-refractivity contribution in [1.29, 1.82) is 0 Å². The first-order chi connectivity index (χ1) is 9.79. The van der Waals surface area contributed by atoms with Gasteiger partial charge in [-0.25, -0.2) is 0 Å². The van der Waals surface area contributed by atoms with Crippen LogP contribution in [0.3, 0.4) is 0 Å². The zero-order valence-electron chi connectivity index (χ0n) is 11.5. The molecule has 7 heteroatoms. The van der Waals surface area contributed by atoms with Crippen LogP contribution >= 0.6 is 0 Å². The van der Waals surface area contributed by atoms with Crippen molar-refractivity contribution in [1.82, 2.24) is 5.32 Å². The average molecular weight is 302 g/mol. The maximum atomic E-state index is 12.5. The number of carbonyl (C=O) groups excluding carboxylic acids is 1. The fourth-order valence-corrected chi connectivity index (χ4v) is 2.21. The number of hydrogen-bond donors (Lipinski definition) is 2. The van der Waals surface area contributed by atoms with Gasteiger partial charge in [-0.3, -0.25) is 4.79 Å². The van der Waals surface area contributed by atoms with E-state index in [1.165, 1.54) is 12.1 Å². The van der Waals surface area contributed by atoms with Crippen molar-refractivity contribution in [3.8, 4) is 0 Å². The summed E-state index contributed by atoms with van der Waals surface area (Å²) in [6.45, 7) is 2.32. The maximum absolute atomic E-state index is 12.5. The van der Waals surface area contributed by atoms with Crippen LogP contribution in [0.25, 0.3) is 0 Å². The Hall–Kier alpha value is -1.60. The third-order valence-electron chi connectivity index (χ3n) is 3.56. The summed E-state index contributed by atoms with van der Waals surface area (Å²) in [4.78, 5) is 12.0. The van der Waals surface area contributed by atoms with E-state index < -0.39 is 23.7 Å². The molecule has 0 radical (unpaired) electrons. The molecule has 0 aliphatic carbocycles. The number of halogens is 3. The number of alkyl halides is 3. The lowest BCUT2D eigenvalue weighted by atomic mass is 10.0. The molecule has 0 saturated carbocycles. The Kier molecular flexibility index (Phi) is 4.53. The van der Waals surface area contributed by atoms with Crippen molar-refractivity contribution < 1.29 is 22.7 Å². The highest BCUT2D eigenvalue weighted by atomic mass is 19.4. The lowest BCUT2D eigenvalue weighted by Crippen LogP contribution is -2.41. The van der Waals surface area contributed by atoms with Gasteiger partial charge in [0.15, 0.2) is 0 Å². The molecule has 116 valence electrons. The van der Waals surface area contributed by atoms with Crippen molar-refractivity contribution in [3.63, 3.8) is 0 Å². The predicted octanol–water partition coefficient (Wildman–Crippen LogP) is 1.86. The van der Waals surface area contributed by atoms with E-state index in [-0.39, 0.29) is 18.6 Å². The van der Waals surface area contributed by atoms with Crippen LogP contribution in [0.15, 0.2) is 24.3 Å². The second-order valence-corrected chi connectivity index (χ2v) is 5.16. The van der Waals surface area contributed by atoms with Gasteiger partial charge in [-0.2, -0.15) is 13.2 Å². The fraction of sp³-hybridized carbons (Fsp3) is 0.500. The van der Waals surface area contributed by atoms with E-state index in [2.05, 4.69) is 5.32 Å². The van der Waals surface area contributed by atoms with Gasteiger partial charge in [0.1, 0.15) is 0 Å². The van der Waals surface area contributed by atoms with Crippen LogP contribution in [-0.2, 0) is 15.7 Å². The van der Waals surface area contributed by atoms with E-state index in [1.807, 2.05) is 0 Å². The van der Waals surface area contributed by atoms with Gasteiger partial charge >= 0.3 is 6.18 Å². The summed E-state index contributed by atoms with van der Waals surface area (Å²) < 4.78 is 42.6. The zero-order chi connectivity index (χ0) is 15.6. The van der Waals surface area contributed by atoms with E-state index in [0.717, 1.165) is 12.1 Å². The first-order valence-electron chi connectivity index (χ1n) is 6.60. The summed E-state index contributed by atoms with van der Waals surface area (Å²) in [5.74, 6) is -0.658. The summed E-state index contributed by atoms with van der Waals surface area (Å²) in [5, 5.41) is 2.75. The topological polar surface area (TPSA) is 64.3 Å². The Morgan fingerprint density at radius 1 is 1.33 bits per heavy atom. The van der Waals surface area contributed by atoms with Crippen LogP contribution < -0.4 is 11.1 Å². The van der Waals surface area contributed by atoms with Gasteiger partial charge in [0.25, 0.3) is 0 Å². The summed E-state index contributed by atoms with van der Waals surface area (Å²) in [6, 6.07) is 3.99. The highest BCUT2D eigenvalue weighted by Gasteiger charge is 2.32. The van der Waals surface area contributed by atoms with Gasteiger partial charge in [-0.15, -0.1) is 0 Å². The van der Waals surface area contributed by atoms with Crippen molar-refractivity contribution in [2.45, 2.75) is 25.2 Å². The molecule has 0 spiro atoms. The fourth-order valence-electron chi connectivity index (χ4n) is 2.21. The molecule has 1 aliphatic rings. The maximum Gasteiger partial charge on any atom is 0.416 e. The first kappa shape index (κ1) is 15.8. The molecule has 3 atom stereocenters. The third kappa shape index (κ3) is 3.74. The SMILES string of the molecule is CC(NC(=O)C1COCC1N)c1ccc(C(F)(F)F)cc1. The summed E-state index contributed by atoms with van der Waals surface area (Å²) in [6.07, 6.45) is -4.36. The number of amides is 1. The van der Waals surface area contributed by atoms with Gasteiger partial charge in [-0.05, 0) is 24.6 Å². The average Bonchev–Trinajstić information content (AvgIpc) is 2.84. The molecule has 0 aromatic heterocycles. The number of nitrogens with one attached hydrogen (secondary N) is 1. The molecular weight excluding hydrogens is 285 g/mol. The zero-order valence-corrected chi connectivity index (χ0v) is 11.5. The number of carbonyl (C=O) groups is 1. The van der Waals surface area contributed by atoms with Crippen molar-refractivity contribution in [2.24, 2.45) is 11.7 Å². The van der Waals surface area contributed by atoms with E-state index in [9.17, 15) is 18.0 Å². The minimum Gasteiger partial charge on any atom is -0.379 e. The smallest absolute Gasteiger partial charge is 0.379 e. The highest BCUT2D eigenvalue weighted by Crippen LogP contribution is 2.30. The van der Waals surface area contributed by atoms with E-state index in [4.69, 9.17) is 10.5 Å². The Morgan fingerprint density at radius 3 is 2.43 bits per heavy atom. The normalized spacial score (nSPS) is 23.9. The first-order valence-corrected chi connectivity index (χ1v) is 6.60. The second-order valence-electron chi connectivity index (χ2n) is 5.16. The van der Waals surface area contributed by atoms with Crippen LogP contribution in [0.2, 0.25) is 0 Å². The lowest BCUT2D eigenvalue weighted by Gasteiger charge is -2.19. The van der Waals surface area contributed by atoms with E-state index >= 15 is 0 Å². The van der Waals surface area contributed by atoms with Crippen molar-refractivity contribution >= 4 is 5.91 Å². The Morgan fingerprint density at radius 2 is 1.95 bits per heavy atom. The Labute approximate surface area is 120 Å². The molecule has 2 rings (SSSR count). The van der Waals surface area contributed by atoms with Crippen LogP contribution in [0.4, 0.5) is 13.2 Å². The molecule has 1 aromatic rings. The molecule has 1 aromatic carbocycles. The number of benzene rings is 1. The van der Waals surface area contributed by atoms with Crippen molar-refractivity contribution in [3.05, 3.63) is 35.4 Å². The summed E-state index contributed by atoms with van der Waals surface area (Å²) in [5.41, 5.74) is 5.64. The number of hydrogen-bond acceptors (Lipinski definition) is 3. The lowest BCUT2D eigenvalue weighted by molar-refractivity contribution is -0.137. The van der Waals surface area contributed by atoms with E-state index in [1.54, 1.807) is 6.92 Å². The highest BCUT2D eigenvalue weighted by molar-refractivity contribution is 5.80. The van der Waals surface area contributed by atoms with Gasteiger partial charge in [0, 0.05) is 6.04 Å². The monoisotopic (exact) mass is 302 g/mol. The molecule has 1 fully saturated rings. The largest absolute Gasteiger partial charge is 0.416 e. The van der Waals surface area contributed by atoms with Crippen LogP contribution in [-0.4, -0.2) is 25.2 Å². The number of nitrogens with two attached hydrogens (primary N) is 1. The molecular formula is C14H17F3N2O2. The number of ether oxygens (including phenoxy) is 1. The molecule has 1 saturated heterocycles. The van der Waals surface area contributed by atoms with Gasteiger partial charge < -0.3 is 15.8 Å². The second kappa shape index (κ2) is 6.03. The minimum absolute atomic E-state index is 0.243. The number of rotatable bonds is 3. The minimum atomic E-state index is -4.36. The van der Waals surface area contributed by atoms with Crippen LogP contribution in [0, 0.1) is 5.92 Å². The Bertz CT molecular complexity index is 502. The van der Waals surface area contributed by atoms with Gasteiger partial charge in [0.05, 0.1) is 30.7 Å². The molecule has 1 aliphatic heterocycles. The van der Waals surface area contributed by atoms with Crippen LogP contribution in [0.1, 0.15) is 24.1 Å². The third-order valence-corrected chi connectivity index (χ3v) is 3.56. The molecule has 1 heterocycles. The molecule has 4 nitrogen and oxygen atoms in total. The molecule has 0 bridgehead atoms. The van der Waals surface area contributed by atoms with Crippen molar-refractivity contribution in [2.75, 3.05) is 13.2 Å². The predicted molar refractivity (Wildman–Crippen MR) is 70.3 cm³/mol. The molecule has 1 amide bonds. The Balaban J connectivity index is 2.00. The molecule has 21 heavy (non-hydrogen) atoms. The van der Waals surface area contributed by atoms with E-state index in [0.29, 0.717) is 12.2 Å². The molecule has 3 N–H and O–H groups in total. The summed E-state index contributed by atoms with van der Waals surface area (Å²) >= 11 is 0.